The van der Waals surface area contributed by atoms with Crippen LogP contribution in [0.4, 0.5) is 17.1 Å². The Morgan fingerprint density at radius 1 is 0.408 bits per heavy atom. The van der Waals surface area contributed by atoms with Crippen molar-refractivity contribution >= 4 is 71.6 Å². The zero-order valence-corrected chi connectivity index (χ0v) is 26.6. The van der Waals surface area contributed by atoms with Gasteiger partial charge in [0, 0.05) is 39.1 Å². The van der Waals surface area contributed by atoms with Crippen molar-refractivity contribution < 1.29 is 4.42 Å². The zero-order chi connectivity index (χ0) is 32.3. The third kappa shape index (κ3) is 4.37. The molecule has 0 atom stereocenters. The van der Waals surface area contributed by atoms with Crippen molar-refractivity contribution in [2.24, 2.45) is 0 Å². The van der Waals surface area contributed by atoms with Gasteiger partial charge in [-0.3, -0.25) is 0 Å². The summed E-state index contributed by atoms with van der Waals surface area (Å²) in [5.74, 6) is 0. The average molecular weight is 627 g/mol. The standard InChI is InChI=1S/C46H30N2O/c1-3-13-34(14-4-1)47(37-28-29-39-33(30-37)23-22-31-12-7-8-17-38(31)39)36-26-24-32(25-27-36)40-19-11-20-42-44-46(49-45(40)42)41-18-9-10-21-43(41)48(44)35-15-5-2-6-16-35/h1-30H. The molecule has 0 radical (unpaired) electrons. The first kappa shape index (κ1) is 27.5. The van der Waals surface area contributed by atoms with E-state index in [0.717, 1.165) is 66.8 Å². The van der Waals surface area contributed by atoms with Gasteiger partial charge in [-0.1, -0.05) is 115 Å². The average Bonchev–Trinajstić information content (AvgIpc) is 3.71. The van der Waals surface area contributed by atoms with E-state index in [1.807, 2.05) is 0 Å². The molecule has 0 fully saturated rings. The van der Waals surface area contributed by atoms with Gasteiger partial charge in [0.15, 0.2) is 5.58 Å². The van der Waals surface area contributed by atoms with E-state index in [0.29, 0.717) is 0 Å². The zero-order valence-electron chi connectivity index (χ0n) is 26.6. The molecule has 8 aromatic carbocycles. The lowest BCUT2D eigenvalue weighted by molar-refractivity contribution is 0.674. The van der Waals surface area contributed by atoms with Gasteiger partial charge in [0.1, 0.15) is 11.1 Å². The van der Waals surface area contributed by atoms with Crippen molar-refractivity contribution in [3.8, 4) is 16.8 Å². The maximum Gasteiger partial charge on any atom is 0.161 e. The van der Waals surface area contributed by atoms with Gasteiger partial charge in [-0.25, -0.2) is 0 Å². The Kier molecular flexibility index (Phi) is 6.18. The molecule has 0 aliphatic carbocycles. The number of anilines is 3. The van der Waals surface area contributed by atoms with Crippen LogP contribution >= 0.6 is 0 Å². The number of nitrogens with zero attached hydrogens (tertiary/aromatic N) is 2. The Labute approximate surface area is 283 Å². The molecule has 3 nitrogen and oxygen atoms in total. The highest BCUT2D eigenvalue weighted by Gasteiger charge is 2.21. The summed E-state index contributed by atoms with van der Waals surface area (Å²) in [6.07, 6.45) is 0. The van der Waals surface area contributed by atoms with Crippen LogP contribution in [0.1, 0.15) is 0 Å². The molecule has 0 unspecified atom stereocenters. The van der Waals surface area contributed by atoms with Crippen LogP contribution in [0.25, 0.3) is 71.3 Å². The number of aromatic nitrogens is 1. The lowest BCUT2D eigenvalue weighted by Crippen LogP contribution is -2.09. The summed E-state index contributed by atoms with van der Waals surface area (Å²) in [6, 6.07) is 64.8. The first-order chi connectivity index (χ1) is 24.3. The van der Waals surface area contributed by atoms with Crippen molar-refractivity contribution in [1.82, 2.24) is 4.57 Å². The third-order valence-electron chi connectivity index (χ3n) is 9.75. The van der Waals surface area contributed by atoms with Crippen LogP contribution in [0.2, 0.25) is 0 Å². The fourth-order valence-corrected chi connectivity index (χ4v) is 7.52. The molecule has 49 heavy (non-hydrogen) atoms. The normalized spacial score (nSPS) is 11.7. The second-order valence-corrected chi connectivity index (χ2v) is 12.6. The van der Waals surface area contributed by atoms with Crippen LogP contribution < -0.4 is 4.90 Å². The highest BCUT2D eigenvalue weighted by molar-refractivity contribution is 6.18. The monoisotopic (exact) mass is 626 g/mol. The lowest BCUT2D eigenvalue weighted by atomic mass is 10.0. The summed E-state index contributed by atoms with van der Waals surface area (Å²) in [5.41, 5.74) is 10.7. The Balaban J connectivity index is 1.11. The first-order valence-corrected chi connectivity index (χ1v) is 16.7. The van der Waals surface area contributed by atoms with Gasteiger partial charge in [-0.05, 0) is 93.8 Å². The topological polar surface area (TPSA) is 21.3 Å². The second kappa shape index (κ2) is 11.0. The van der Waals surface area contributed by atoms with E-state index in [-0.39, 0.29) is 0 Å². The number of para-hydroxylation sites is 4. The molecule has 230 valence electrons. The summed E-state index contributed by atoms with van der Waals surface area (Å²) in [6.45, 7) is 0. The van der Waals surface area contributed by atoms with Gasteiger partial charge in [0.2, 0.25) is 0 Å². The number of hydrogen-bond donors (Lipinski definition) is 0. The molecule has 10 rings (SSSR count). The Morgan fingerprint density at radius 3 is 1.88 bits per heavy atom. The molecule has 10 aromatic rings. The minimum Gasteiger partial charge on any atom is -0.453 e. The molecule has 0 saturated heterocycles. The molecule has 0 amide bonds. The Morgan fingerprint density at radius 2 is 1.04 bits per heavy atom. The van der Waals surface area contributed by atoms with Gasteiger partial charge in [-0.15, -0.1) is 0 Å². The van der Waals surface area contributed by atoms with Gasteiger partial charge < -0.3 is 13.9 Å². The highest BCUT2D eigenvalue weighted by Crippen LogP contribution is 2.43. The van der Waals surface area contributed by atoms with Crippen molar-refractivity contribution in [2.75, 3.05) is 4.90 Å². The maximum atomic E-state index is 6.81. The Bertz CT molecular complexity index is 2810. The summed E-state index contributed by atoms with van der Waals surface area (Å²) < 4.78 is 9.14. The number of furan rings is 1. The van der Waals surface area contributed by atoms with E-state index >= 15 is 0 Å². The van der Waals surface area contributed by atoms with E-state index in [1.165, 1.54) is 21.5 Å². The van der Waals surface area contributed by atoms with Gasteiger partial charge in [0.25, 0.3) is 0 Å². The Hall–Kier alpha value is -6.58. The highest BCUT2D eigenvalue weighted by atomic mass is 16.3. The van der Waals surface area contributed by atoms with Gasteiger partial charge in [-0.2, -0.15) is 0 Å². The molecular weight excluding hydrogens is 597 g/mol. The SMILES string of the molecule is c1ccc(N(c2ccc(-c3cccc4c3oc3c5ccccc5n(-c5ccccc5)c43)cc2)c2ccc3c(ccc4ccccc43)c2)cc1. The van der Waals surface area contributed by atoms with Crippen LogP contribution in [0.3, 0.4) is 0 Å². The molecule has 0 aliphatic rings. The predicted molar refractivity (Wildman–Crippen MR) is 206 cm³/mol. The molecule has 0 N–H and O–H groups in total. The van der Waals surface area contributed by atoms with Crippen molar-refractivity contribution in [3.63, 3.8) is 0 Å². The van der Waals surface area contributed by atoms with Gasteiger partial charge >= 0.3 is 0 Å². The first-order valence-electron chi connectivity index (χ1n) is 16.7. The molecule has 2 aromatic heterocycles. The molecular formula is C46H30N2O. The predicted octanol–water partition coefficient (Wildman–Crippen LogP) is 13.0. The van der Waals surface area contributed by atoms with Crippen LogP contribution in [0.5, 0.6) is 0 Å². The van der Waals surface area contributed by atoms with Crippen LogP contribution in [0.15, 0.2) is 186 Å². The number of hydrogen-bond acceptors (Lipinski definition) is 2. The largest absolute Gasteiger partial charge is 0.453 e. The van der Waals surface area contributed by atoms with E-state index in [1.54, 1.807) is 0 Å². The second-order valence-electron chi connectivity index (χ2n) is 12.6. The molecule has 0 aliphatic heterocycles. The summed E-state index contributed by atoms with van der Waals surface area (Å²) in [5, 5.41) is 7.23. The molecule has 0 bridgehead atoms. The number of fused-ring (bicyclic) bond motifs is 8. The quantitative estimate of drug-likeness (QED) is 0.177. The van der Waals surface area contributed by atoms with E-state index in [9.17, 15) is 0 Å². The minimum absolute atomic E-state index is 0.900. The van der Waals surface area contributed by atoms with Crippen molar-refractivity contribution in [1.29, 1.82) is 0 Å². The lowest BCUT2D eigenvalue weighted by Gasteiger charge is -2.26. The van der Waals surface area contributed by atoms with E-state index in [4.69, 9.17) is 4.42 Å². The summed E-state index contributed by atoms with van der Waals surface area (Å²) in [7, 11) is 0. The van der Waals surface area contributed by atoms with Crippen molar-refractivity contribution in [3.05, 3.63) is 182 Å². The molecule has 3 heteroatoms. The third-order valence-corrected chi connectivity index (χ3v) is 9.75. The smallest absolute Gasteiger partial charge is 0.161 e. The van der Waals surface area contributed by atoms with Crippen LogP contribution in [-0.2, 0) is 0 Å². The maximum absolute atomic E-state index is 6.81. The van der Waals surface area contributed by atoms with Gasteiger partial charge in [0.05, 0.1) is 5.52 Å². The molecule has 2 heterocycles. The number of benzene rings is 8. The summed E-state index contributed by atoms with van der Waals surface area (Å²) in [4.78, 5) is 2.33. The molecule has 0 spiro atoms. The molecule has 0 saturated carbocycles. The fourth-order valence-electron chi connectivity index (χ4n) is 7.52. The number of rotatable bonds is 5. The van der Waals surface area contributed by atoms with Crippen LogP contribution in [-0.4, -0.2) is 4.57 Å². The minimum atomic E-state index is 0.900. The van der Waals surface area contributed by atoms with E-state index < -0.39 is 0 Å². The van der Waals surface area contributed by atoms with Crippen molar-refractivity contribution in [2.45, 2.75) is 0 Å². The fraction of sp³-hybridized carbons (Fsp3) is 0. The van der Waals surface area contributed by atoms with E-state index in [2.05, 4.69) is 191 Å². The summed E-state index contributed by atoms with van der Waals surface area (Å²) >= 11 is 0. The van der Waals surface area contributed by atoms with Crippen LogP contribution in [0, 0.1) is 0 Å².